The van der Waals surface area contributed by atoms with Gasteiger partial charge in [0.1, 0.15) is 11.6 Å². The minimum absolute atomic E-state index is 0.152. The Labute approximate surface area is 94.8 Å². The molecule has 0 fully saturated rings. The van der Waals surface area contributed by atoms with Gasteiger partial charge in [0.25, 0.3) is 0 Å². The van der Waals surface area contributed by atoms with Crippen molar-refractivity contribution in [2.24, 2.45) is 0 Å². The maximum Gasteiger partial charge on any atom is 0.310 e. The fraction of sp³-hybridized carbons (Fsp3) is 0.182. The zero-order valence-electron chi connectivity index (χ0n) is 8.40. The molecular formula is C11H9FO3S. The highest BCUT2D eigenvalue weighted by Gasteiger charge is 2.20. The first-order chi connectivity index (χ1) is 7.50. The summed E-state index contributed by atoms with van der Waals surface area (Å²) in [7, 11) is 0. The molecular weight excluding hydrogens is 231 g/mol. The van der Waals surface area contributed by atoms with Crippen LogP contribution in [0.1, 0.15) is 18.4 Å². The Hall–Kier alpha value is -1.62. The van der Waals surface area contributed by atoms with Crippen LogP contribution in [0.2, 0.25) is 0 Å². The molecule has 84 valence electrons. The number of carboxylic acids is 1. The molecule has 16 heavy (non-hydrogen) atoms. The van der Waals surface area contributed by atoms with Crippen molar-refractivity contribution in [3.05, 3.63) is 28.9 Å². The molecule has 1 aromatic heterocycles. The summed E-state index contributed by atoms with van der Waals surface area (Å²) in [5.74, 6) is -2.49. The third-order valence-electron chi connectivity index (χ3n) is 2.48. The number of hydrogen-bond donors (Lipinski definition) is 2. The number of benzene rings is 1. The number of rotatable bonds is 2. The lowest BCUT2D eigenvalue weighted by atomic mass is 10.0. The van der Waals surface area contributed by atoms with Crippen LogP contribution in [-0.4, -0.2) is 16.2 Å². The first kappa shape index (κ1) is 10.9. The van der Waals surface area contributed by atoms with Gasteiger partial charge in [-0.15, -0.1) is 11.3 Å². The number of aromatic hydroxyl groups is 1. The van der Waals surface area contributed by atoms with E-state index in [-0.39, 0.29) is 11.1 Å². The lowest BCUT2D eigenvalue weighted by Gasteiger charge is -2.05. The van der Waals surface area contributed by atoms with Crippen molar-refractivity contribution in [2.75, 3.05) is 0 Å². The average molecular weight is 240 g/mol. The van der Waals surface area contributed by atoms with E-state index < -0.39 is 17.7 Å². The molecule has 0 spiro atoms. The van der Waals surface area contributed by atoms with Gasteiger partial charge in [0.2, 0.25) is 0 Å². The van der Waals surface area contributed by atoms with Crippen molar-refractivity contribution in [2.45, 2.75) is 12.8 Å². The second kappa shape index (κ2) is 3.75. The third-order valence-corrected chi connectivity index (χ3v) is 3.42. The number of carboxylic acid groups (broad SMARTS) is 1. The standard InChI is InChI=1S/C11H9FO3S/c1-5(11(14)15)7-4-16-9-3-6(13)2-8(12)10(7)9/h2-5,13H,1H3,(H,14,15). The number of phenols is 1. The van der Waals surface area contributed by atoms with Gasteiger partial charge in [0.15, 0.2) is 0 Å². The topological polar surface area (TPSA) is 57.5 Å². The molecule has 5 heteroatoms. The van der Waals surface area contributed by atoms with Crippen LogP contribution in [0.5, 0.6) is 5.75 Å². The van der Waals surface area contributed by atoms with Gasteiger partial charge in [-0.25, -0.2) is 4.39 Å². The number of halogens is 1. The first-order valence-electron chi connectivity index (χ1n) is 4.63. The molecule has 3 nitrogen and oxygen atoms in total. The van der Waals surface area contributed by atoms with E-state index in [1.165, 1.54) is 24.3 Å². The molecule has 0 amide bonds. The van der Waals surface area contributed by atoms with Crippen LogP contribution >= 0.6 is 11.3 Å². The van der Waals surface area contributed by atoms with Gasteiger partial charge in [-0.3, -0.25) is 4.79 Å². The van der Waals surface area contributed by atoms with Gasteiger partial charge < -0.3 is 10.2 Å². The molecule has 1 heterocycles. The summed E-state index contributed by atoms with van der Waals surface area (Å²) < 4.78 is 14.2. The number of phenolic OH excluding ortho intramolecular Hbond substituents is 1. The summed E-state index contributed by atoms with van der Waals surface area (Å²) in [6, 6.07) is 2.42. The molecule has 2 aromatic rings. The van der Waals surface area contributed by atoms with Crippen molar-refractivity contribution < 1.29 is 19.4 Å². The van der Waals surface area contributed by atoms with E-state index in [0.29, 0.717) is 10.3 Å². The average Bonchev–Trinajstić information content (AvgIpc) is 2.59. The highest BCUT2D eigenvalue weighted by atomic mass is 32.1. The molecule has 0 aliphatic rings. The maximum absolute atomic E-state index is 13.6. The Morgan fingerprint density at radius 2 is 2.19 bits per heavy atom. The van der Waals surface area contributed by atoms with Crippen LogP contribution in [0.15, 0.2) is 17.5 Å². The minimum atomic E-state index is -0.993. The molecule has 1 aromatic carbocycles. The summed E-state index contributed by atoms with van der Waals surface area (Å²) >= 11 is 1.22. The Bertz CT molecular complexity index is 562. The van der Waals surface area contributed by atoms with E-state index in [2.05, 4.69) is 0 Å². The lowest BCUT2D eigenvalue weighted by Crippen LogP contribution is -2.06. The Morgan fingerprint density at radius 3 is 2.81 bits per heavy atom. The highest BCUT2D eigenvalue weighted by Crippen LogP contribution is 2.35. The number of aliphatic carboxylic acids is 1. The fourth-order valence-corrected chi connectivity index (χ4v) is 2.68. The second-order valence-electron chi connectivity index (χ2n) is 3.55. The predicted octanol–water partition coefficient (Wildman–Crippen LogP) is 2.93. The van der Waals surface area contributed by atoms with Crippen LogP contribution in [0.4, 0.5) is 4.39 Å². The summed E-state index contributed by atoms with van der Waals surface area (Å²) in [4.78, 5) is 10.9. The molecule has 0 bridgehead atoms. The van der Waals surface area contributed by atoms with Gasteiger partial charge >= 0.3 is 5.97 Å². The number of hydrogen-bond acceptors (Lipinski definition) is 3. The maximum atomic E-state index is 13.6. The van der Waals surface area contributed by atoms with E-state index in [9.17, 15) is 14.3 Å². The van der Waals surface area contributed by atoms with E-state index >= 15 is 0 Å². The van der Waals surface area contributed by atoms with Crippen LogP contribution in [0, 0.1) is 5.82 Å². The predicted molar refractivity (Wildman–Crippen MR) is 59.5 cm³/mol. The van der Waals surface area contributed by atoms with E-state index in [1.807, 2.05) is 0 Å². The van der Waals surface area contributed by atoms with Crippen molar-refractivity contribution in [3.8, 4) is 5.75 Å². The Balaban J connectivity index is 2.69. The van der Waals surface area contributed by atoms with Crippen LogP contribution < -0.4 is 0 Å². The summed E-state index contributed by atoms with van der Waals surface area (Å²) in [5.41, 5.74) is 0.449. The number of fused-ring (bicyclic) bond motifs is 1. The van der Waals surface area contributed by atoms with Crippen LogP contribution in [0.25, 0.3) is 10.1 Å². The van der Waals surface area contributed by atoms with Crippen molar-refractivity contribution in [1.29, 1.82) is 0 Å². The molecule has 0 radical (unpaired) electrons. The fourth-order valence-electron chi connectivity index (χ4n) is 1.58. The number of thiophene rings is 1. The van der Waals surface area contributed by atoms with E-state index in [1.54, 1.807) is 5.38 Å². The van der Waals surface area contributed by atoms with Crippen molar-refractivity contribution in [3.63, 3.8) is 0 Å². The molecule has 0 saturated heterocycles. The summed E-state index contributed by atoms with van der Waals surface area (Å²) in [6.45, 7) is 1.51. The summed E-state index contributed by atoms with van der Waals surface area (Å²) in [5, 5.41) is 20.0. The first-order valence-corrected chi connectivity index (χ1v) is 5.51. The normalized spacial score (nSPS) is 12.9. The molecule has 0 aliphatic heterocycles. The van der Waals surface area contributed by atoms with Crippen LogP contribution in [0.3, 0.4) is 0 Å². The number of carbonyl (C=O) groups is 1. The lowest BCUT2D eigenvalue weighted by molar-refractivity contribution is -0.138. The van der Waals surface area contributed by atoms with Gasteiger partial charge in [-0.1, -0.05) is 0 Å². The monoisotopic (exact) mass is 240 g/mol. The SMILES string of the molecule is CC(C(=O)O)c1csc2cc(O)cc(F)c12. The van der Waals surface area contributed by atoms with E-state index in [0.717, 1.165) is 6.07 Å². The van der Waals surface area contributed by atoms with Crippen LogP contribution in [-0.2, 0) is 4.79 Å². The second-order valence-corrected chi connectivity index (χ2v) is 4.46. The molecule has 0 saturated carbocycles. The Kier molecular flexibility index (Phi) is 2.55. The van der Waals surface area contributed by atoms with Gasteiger partial charge in [0, 0.05) is 16.2 Å². The smallest absolute Gasteiger partial charge is 0.310 e. The van der Waals surface area contributed by atoms with Crippen molar-refractivity contribution >= 4 is 27.4 Å². The van der Waals surface area contributed by atoms with Gasteiger partial charge in [-0.2, -0.15) is 0 Å². The Morgan fingerprint density at radius 1 is 1.50 bits per heavy atom. The zero-order valence-corrected chi connectivity index (χ0v) is 9.21. The molecule has 1 atom stereocenters. The van der Waals surface area contributed by atoms with Gasteiger partial charge in [-0.05, 0) is 23.9 Å². The molecule has 0 aliphatic carbocycles. The van der Waals surface area contributed by atoms with Gasteiger partial charge in [0.05, 0.1) is 5.92 Å². The minimum Gasteiger partial charge on any atom is -0.508 e. The third kappa shape index (κ3) is 1.63. The summed E-state index contributed by atoms with van der Waals surface area (Å²) in [6.07, 6.45) is 0. The zero-order chi connectivity index (χ0) is 11.9. The quantitative estimate of drug-likeness (QED) is 0.848. The van der Waals surface area contributed by atoms with E-state index in [4.69, 9.17) is 5.11 Å². The highest BCUT2D eigenvalue weighted by molar-refractivity contribution is 7.17. The van der Waals surface area contributed by atoms with Crippen molar-refractivity contribution in [1.82, 2.24) is 0 Å². The molecule has 2 N–H and O–H groups in total. The molecule has 1 unspecified atom stereocenters. The largest absolute Gasteiger partial charge is 0.508 e. The molecule has 2 rings (SSSR count).